The number of nitrogens with two attached hydrogens (primary N) is 1. The molecule has 96 valence electrons. The van der Waals surface area contributed by atoms with Crippen LogP contribution >= 0.6 is 11.3 Å². The number of nitrogens with zero attached hydrogens (tertiary/aromatic N) is 1. The quantitative estimate of drug-likeness (QED) is 0.814. The number of thiazole rings is 1. The summed E-state index contributed by atoms with van der Waals surface area (Å²) in [6.45, 7) is 6.04. The van der Waals surface area contributed by atoms with Gasteiger partial charge in [-0.05, 0) is 24.1 Å². The highest BCUT2D eigenvalue weighted by atomic mass is 32.1. The van der Waals surface area contributed by atoms with Crippen LogP contribution in [-0.2, 0) is 6.54 Å². The lowest BCUT2D eigenvalue weighted by Crippen LogP contribution is -2.20. The van der Waals surface area contributed by atoms with Crippen LogP contribution < -0.4 is 11.1 Å². The van der Waals surface area contributed by atoms with Crippen molar-refractivity contribution >= 4 is 17.0 Å². The Bertz CT molecular complexity index is 494. The summed E-state index contributed by atoms with van der Waals surface area (Å²) in [7, 11) is 0. The van der Waals surface area contributed by atoms with E-state index < -0.39 is 0 Å². The molecule has 0 amide bonds. The molecule has 3 nitrogen and oxygen atoms in total. The van der Waals surface area contributed by atoms with Crippen LogP contribution in [0.25, 0.3) is 0 Å². The third-order valence-electron chi connectivity index (χ3n) is 3.13. The topological polar surface area (TPSA) is 50.9 Å². The summed E-state index contributed by atoms with van der Waals surface area (Å²) in [5.41, 5.74) is 9.19. The largest absolute Gasteiger partial charge is 0.399 e. The van der Waals surface area contributed by atoms with Gasteiger partial charge in [-0.1, -0.05) is 19.1 Å². The fourth-order valence-corrected chi connectivity index (χ4v) is 2.58. The molecule has 0 aliphatic carbocycles. The molecule has 18 heavy (non-hydrogen) atoms. The van der Waals surface area contributed by atoms with Crippen molar-refractivity contribution in [2.45, 2.75) is 26.3 Å². The Balaban J connectivity index is 1.87. The first kappa shape index (κ1) is 13.1. The molecule has 1 heterocycles. The highest BCUT2D eigenvalue weighted by molar-refractivity contribution is 7.09. The van der Waals surface area contributed by atoms with Gasteiger partial charge in [0.25, 0.3) is 0 Å². The monoisotopic (exact) mass is 261 g/mol. The van der Waals surface area contributed by atoms with Gasteiger partial charge in [0.2, 0.25) is 0 Å². The molecule has 0 saturated heterocycles. The van der Waals surface area contributed by atoms with Gasteiger partial charge in [0.1, 0.15) is 0 Å². The lowest BCUT2D eigenvalue weighted by molar-refractivity contribution is 0.612. The van der Waals surface area contributed by atoms with Crippen LogP contribution in [0.1, 0.15) is 29.0 Å². The fourth-order valence-electron chi connectivity index (χ4n) is 1.88. The van der Waals surface area contributed by atoms with Crippen molar-refractivity contribution in [1.29, 1.82) is 0 Å². The van der Waals surface area contributed by atoms with Gasteiger partial charge in [0, 0.05) is 36.3 Å². The van der Waals surface area contributed by atoms with E-state index in [2.05, 4.69) is 30.2 Å². The van der Waals surface area contributed by atoms with Crippen molar-refractivity contribution < 1.29 is 0 Å². The maximum atomic E-state index is 5.89. The zero-order chi connectivity index (χ0) is 13.0. The molecule has 1 unspecified atom stereocenters. The Morgan fingerprint density at radius 2 is 2.28 bits per heavy atom. The van der Waals surface area contributed by atoms with E-state index in [0.717, 1.165) is 18.8 Å². The third-order valence-corrected chi connectivity index (χ3v) is 4.13. The summed E-state index contributed by atoms with van der Waals surface area (Å²) in [5, 5.41) is 6.68. The number of nitrogen functional groups attached to an aromatic ring is 1. The molecule has 0 bridgehead atoms. The van der Waals surface area contributed by atoms with Gasteiger partial charge in [-0.25, -0.2) is 4.98 Å². The molecule has 2 aromatic rings. The van der Waals surface area contributed by atoms with Gasteiger partial charge in [0.15, 0.2) is 0 Å². The van der Waals surface area contributed by atoms with Gasteiger partial charge in [-0.15, -0.1) is 11.3 Å². The molecule has 1 aromatic heterocycles. The first-order valence-corrected chi connectivity index (χ1v) is 7.00. The third kappa shape index (κ3) is 3.09. The molecule has 0 spiro atoms. The molecule has 1 aromatic carbocycles. The van der Waals surface area contributed by atoms with Gasteiger partial charge in [-0.3, -0.25) is 0 Å². The first-order chi connectivity index (χ1) is 8.68. The Hall–Kier alpha value is -1.39. The fraction of sp³-hybridized carbons (Fsp3) is 0.357. The number of nitrogens with one attached hydrogen (secondary N) is 1. The Kier molecular flexibility index (Phi) is 4.33. The predicted molar refractivity (Wildman–Crippen MR) is 77.8 cm³/mol. The van der Waals surface area contributed by atoms with Crippen LogP contribution in [0.2, 0.25) is 0 Å². The summed E-state index contributed by atoms with van der Waals surface area (Å²) >= 11 is 1.71. The van der Waals surface area contributed by atoms with E-state index in [-0.39, 0.29) is 0 Å². The highest BCUT2D eigenvalue weighted by Gasteiger charge is 2.08. The van der Waals surface area contributed by atoms with E-state index in [1.807, 2.05) is 23.7 Å². The lowest BCUT2D eigenvalue weighted by atomic mass is 10.1. The maximum Gasteiger partial charge on any atom is 0.0965 e. The van der Waals surface area contributed by atoms with Crippen molar-refractivity contribution in [1.82, 2.24) is 10.3 Å². The molecular weight excluding hydrogens is 242 g/mol. The summed E-state index contributed by atoms with van der Waals surface area (Å²) in [5.74, 6) is 0.450. The Morgan fingerprint density at radius 3 is 3.00 bits per heavy atom. The highest BCUT2D eigenvalue weighted by Crippen LogP contribution is 2.18. The number of anilines is 1. The van der Waals surface area contributed by atoms with E-state index in [9.17, 15) is 0 Å². The van der Waals surface area contributed by atoms with Crippen LogP contribution in [0.4, 0.5) is 5.69 Å². The summed E-state index contributed by atoms with van der Waals surface area (Å²) in [6, 6.07) is 6.06. The van der Waals surface area contributed by atoms with Crippen molar-refractivity contribution in [3.05, 3.63) is 45.9 Å². The average molecular weight is 261 g/mol. The van der Waals surface area contributed by atoms with E-state index in [4.69, 9.17) is 5.73 Å². The minimum Gasteiger partial charge on any atom is -0.399 e. The van der Waals surface area contributed by atoms with Crippen LogP contribution in [-0.4, -0.2) is 11.5 Å². The smallest absolute Gasteiger partial charge is 0.0965 e. The SMILES string of the molecule is Cc1c(N)cccc1CNCC(C)c1nccs1. The summed E-state index contributed by atoms with van der Waals surface area (Å²) in [6.07, 6.45) is 1.86. The van der Waals surface area contributed by atoms with Crippen molar-refractivity contribution in [3.63, 3.8) is 0 Å². The molecule has 0 aliphatic rings. The number of aromatic nitrogens is 1. The number of benzene rings is 1. The van der Waals surface area contributed by atoms with Gasteiger partial charge < -0.3 is 11.1 Å². The number of rotatable bonds is 5. The Morgan fingerprint density at radius 1 is 1.44 bits per heavy atom. The molecule has 0 saturated carbocycles. The van der Waals surface area contributed by atoms with Crippen LogP contribution in [0.15, 0.2) is 29.8 Å². The second kappa shape index (κ2) is 5.98. The minimum absolute atomic E-state index is 0.450. The zero-order valence-electron chi connectivity index (χ0n) is 10.8. The van der Waals surface area contributed by atoms with Crippen LogP contribution in [0.3, 0.4) is 0 Å². The first-order valence-electron chi connectivity index (χ1n) is 6.12. The Labute approximate surface area is 112 Å². The minimum atomic E-state index is 0.450. The van der Waals surface area contributed by atoms with Crippen LogP contribution in [0, 0.1) is 6.92 Å². The van der Waals surface area contributed by atoms with Gasteiger partial charge >= 0.3 is 0 Å². The molecule has 0 fully saturated rings. The average Bonchev–Trinajstić information content (AvgIpc) is 2.88. The van der Waals surface area contributed by atoms with E-state index in [0.29, 0.717) is 5.92 Å². The van der Waals surface area contributed by atoms with Gasteiger partial charge in [-0.2, -0.15) is 0 Å². The second-order valence-electron chi connectivity index (χ2n) is 4.53. The lowest BCUT2D eigenvalue weighted by Gasteiger charge is -2.12. The van der Waals surface area contributed by atoms with Crippen molar-refractivity contribution in [2.24, 2.45) is 0 Å². The van der Waals surface area contributed by atoms with E-state index in [1.165, 1.54) is 16.1 Å². The molecule has 0 aliphatic heterocycles. The molecule has 4 heteroatoms. The molecule has 2 rings (SSSR count). The van der Waals surface area contributed by atoms with E-state index >= 15 is 0 Å². The molecule has 3 N–H and O–H groups in total. The van der Waals surface area contributed by atoms with E-state index in [1.54, 1.807) is 11.3 Å². The molecule has 0 radical (unpaired) electrons. The van der Waals surface area contributed by atoms with Gasteiger partial charge in [0.05, 0.1) is 5.01 Å². The second-order valence-corrected chi connectivity index (χ2v) is 5.46. The number of hydrogen-bond donors (Lipinski definition) is 2. The maximum absolute atomic E-state index is 5.89. The zero-order valence-corrected chi connectivity index (χ0v) is 11.6. The van der Waals surface area contributed by atoms with Crippen molar-refractivity contribution in [3.8, 4) is 0 Å². The summed E-state index contributed by atoms with van der Waals surface area (Å²) < 4.78 is 0. The predicted octanol–water partition coefficient (Wildman–Crippen LogP) is 2.93. The summed E-state index contributed by atoms with van der Waals surface area (Å²) in [4.78, 5) is 4.33. The number of hydrogen-bond acceptors (Lipinski definition) is 4. The molecule has 1 atom stereocenters. The van der Waals surface area contributed by atoms with Crippen molar-refractivity contribution in [2.75, 3.05) is 12.3 Å². The standard InChI is InChI=1S/C14H19N3S/c1-10(14-17-6-7-18-14)8-16-9-12-4-3-5-13(15)11(12)2/h3-7,10,16H,8-9,15H2,1-2H3. The normalized spacial score (nSPS) is 12.6. The van der Waals surface area contributed by atoms with Crippen LogP contribution in [0.5, 0.6) is 0 Å². The molecular formula is C14H19N3S.